The SMILES string of the molecule is CC(C)(C)c1ccc(N2C=NNC2O)cc1. The van der Waals surface area contributed by atoms with Gasteiger partial charge in [-0.05, 0) is 23.1 Å². The Bertz CT molecular complexity index is 392. The molecule has 1 aromatic carbocycles. The molecule has 0 spiro atoms. The molecule has 0 saturated heterocycles. The van der Waals surface area contributed by atoms with Gasteiger partial charge < -0.3 is 5.11 Å². The van der Waals surface area contributed by atoms with E-state index in [4.69, 9.17) is 0 Å². The maximum absolute atomic E-state index is 9.56. The normalized spacial score (nSPS) is 20.0. The van der Waals surface area contributed by atoms with E-state index in [1.165, 1.54) is 5.56 Å². The van der Waals surface area contributed by atoms with Gasteiger partial charge in [0, 0.05) is 5.69 Å². The highest BCUT2D eigenvalue weighted by molar-refractivity contribution is 5.80. The van der Waals surface area contributed by atoms with Gasteiger partial charge in [0.25, 0.3) is 0 Å². The first-order valence-corrected chi connectivity index (χ1v) is 5.34. The molecule has 1 unspecified atom stereocenters. The van der Waals surface area contributed by atoms with Gasteiger partial charge in [-0.2, -0.15) is 5.10 Å². The Morgan fingerprint density at radius 3 is 2.31 bits per heavy atom. The average Bonchev–Trinajstić information content (AvgIpc) is 2.63. The minimum Gasteiger partial charge on any atom is -0.355 e. The number of hydrazone groups is 1. The lowest BCUT2D eigenvalue weighted by Crippen LogP contribution is -2.36. The molecular weight excluding hydrogens is 202 g/mol. The van der Waals surface area contributed by atoms with Gasteiger partial charge in [0.2, 0.25) is 6.35 Å². The third kappa shape index (κ3) is 2.02. The highest BCUT2D eigenvalue weighted by atomic mass is 16.3. The van der Waals surface area contributed by atoms with Crippen molar-refractivity contribution in [3.63, 3.8) is 0 Å². The fourth-order valence-electron chi connectivity index (χ4n) is 1.63. The molecule has 0 saturated carbocycles. The summed E-state index contributed by atoms with van der Waals surface area (Å²) in [6.45, 7) is 6.53. The van der Waals surface area contributed by atoms with Crippen molar-refractivity contribution in [2.45, 2.75) is 32.5 Å². The molecule has 4 heteroatoms. The van der Waals surface area contributed by atoms with Crippen molar-refractivity contribution in [2.24, 2.45) is 5.10 Å². The van der Waals surface area contributed by atoms with Crippen LogP contribution in [0.3, 0.4) is 0 Å². The average molecular weight is 219 g/mol. The standard InChI is InChI=1S/C12H17N3O/c1-12(2,3)9-4-6-10(7-5-9)15-8-13-14-11(15)16/h4-8,11,14,16H,1-3H3. The number of anilines is 1. The molecule has 0 radical (unpaired) electrons. The van der Waals surface area contributed by atoms with E-state index in [2.05, 4.69) is 43.4 Å². The van der Waals surface area contributed by atoms with Crippen molar-refractivity contribution in [1.29, 1.82) is 0 Å². The lowest BCUT2D eigenvalue weighted by atomic mass is 9.87. The Hall–Kier alpha value is -1.55. The molecule has 1 aliphatic heterocycles. The van der Waals surface area contributed by atoms with E-state index in [-0.39, 0.29) is 5.41 Å². The molecule has 0 fully saturated rings. The van der Waals surface area contributed by atoms with Gasteiger partial charge >= 0.3 is 0 Å². The maximum atomic E-state index is 9.56. The van der Waals surface area contributed by atoms with Crippen LogP contribution in [0.5, 0.6) is 0 Å². The molecule has 16 heavy (non-hydrogen) atoms. The number of nitrogens with one attached hydrogen (secondary N) is 1. The highest BCUT2D eigenvalue weighted by Gasteiger charge is 2.19. The number of aliphatic hydroxyl groups excluding tert-OH is 1. The van der Waals surface area contributed by atoms with Crippen molar-refractivity contribution in [3.05, 3.63) is 29.8 Å². The number of rotatable bonds is 1. The van der Waals surface area contributed by atoms with Crippen molar-refractivity contribution < 1.29 is 5.11 Å². The van der Waals surface area contributed by atoms with Crippen LogP contribution in [-0.4, -0.2) is 17.8 Å². The number of hydrogen-bond acceptors (Lipinski definition) is 4. The summed E-state index contributed by atoms with van der Waals surface area (Å²) in [5.41, 5.74) is 4.91. The first-order chi connectivity index (χ1) is 7.48. The van der Waals surface area contributed by atoms with Crippen LogP contribution < -0.4 is 10.3 Å². The Balaban J connectivity index is 2.23. The van der Waals surface area contributed by atoms with E-state index in [9.17, 15) is 5.11 Å². The molecule has 0 amide bonds. The van der Waals surface area contributed by atoms with E-state index in [1.54, 1.807) is 11.2 Å². The highest BCUT2D eigenvalue weighted by Crippen LogP contribution is 2.25. The zero-order chi connectivity index (χ0) is 11.8. The monoisotopic (exact) mass is 219 g/mol. The van der Waals surface area contributed by atoms with Crippen molar-refractivity contribution >= 4 is 12.0 Å². The van der Waals surface area contributed by atoms with Crippen LogP contribution in [-0.2, 0) is 5.41 Å². The number of aliphatic hydroxyl groups is 1. The molecule has 0 aliphatic carbocycles. The molecule has 1 heterocycles. The molecule has 4 nitrogen and oxygen atoms in total. The fourth-order valence-corrected chi connectivity index (χ4v) is 1.63. The van der Waals surface area contributed by atoms with Crippen LogP contribution in [0.25, 0.3) is 0 Å². The molecule has 0 aromatic heterocycles. The van der Waals surface area contributed by atoms with Gasteiger partial charge in [-0.1, -0.05) is 32.9 Å². The molecule has 1 aliphatic rings. The number of benzene rings is 1. The number of nitrogens with zero attached hydrogens (tertiary/aromatic N) is 2. The predicted molar refractivity (Wildman–Crippen MR) is 65.3 cm³/mol. The Morgan fingerprint density at radius 1 is 1.25 bits per heavy atom. The summed E-state index contributed by atoms with van der Waals surface area (Å²) in [5, 5.41) is 13.4. The largest absolute Gasteiger partial charge is 0.355 e. The summed E-state index contributed by atoms with van der Waals surface area (Å²) in [6, 6.07) is 8.13. The summed E-state index contributed by atoms with van der Waals surface area (Å²) < 4.78 is 0. The number of hydrogen-bond donors (Lipinski definition) is 2. The van der Waals surface area contributed by atoms with E-state index in [1.807, 2.05) is 12.1 Å². The zero-order valence-corrected chi connectivity index (χ0v) is 9.81. The Labute approximate surface area is 95.6 Å². The fraction of sp³-hybridized carbons (Fsp3) is 0.417. The second-order valence-corrected chi connectivity index (χ2v) is 4.95. The van der Waals surface area contributed by atoms with E-state index >= 15 is 0 Å². The Kier molecular flexibility index (Phi) is 2.59. The molecule has 86 valence electrons. The van der Waals surface area contributed by atoms with Crippen LogP contribution in [0.2, 0.25) is 0 Å². The van der Waals surface area contributed by atoms with Gasteiger partial charge in [0.05, 0.1) is 0 Å². The van der Waals surface area contributed by atoms with Crippen LogP contribution in [0, 0.1) is 0 Å². The second kappa shape index (κ2) is 3.79. The quantitative estimate of drug-likeness (QED) is 0.754. The Morgan fingerprint density at radius 2 is 1.88 bits per heavy atom. The lowest BCUT2D eigenvalue weighted by Gasteiger charge is -2.22. The third-order valence-electron chi connectivity index (χ3n) is 2.67. The van der Waals surface area contributed by atoms with E-state index in [0.717, 1.165) is 5.69 Å². The summed E-state index contributed by atoms with van der Waals surface area (Å²) in [6.07, 6.45) is 0.817. The van der Waals surface area contributed by atoms with Gasteiger partial charge in [-0.15, -0.1) is 0 Å². The smallest absolute Gasteiger partial charge is 0.225 e. The summed E-state index contributed by atoms with van der Waals surface area (Å²) in [4.78, 5) is 1.67. The minimum atomic E-state index is -0.763. The predicted octanol–water partition coefficient (Wildman–Crippen LogP) is 1.61. The third-order valence-corrected chi connectivity index (χ3v) is 2.67. The maximum Gasteiger partial charge on any atom is 0.225 e. The van der Waals surface area contributed by atoms with Crippen molar-refractivity contribution in [2.75, 3.05) is 4.90 Å². The van der Waals surface area contributed by atoms with Gasteiger partial charge in [0.1, 0.15) is 6.34 Å². The first-order valence-electron chi connectivity index (χ1n) is 5.34. The van der Waals surface area contributed by atoms with Crippen LogP contribution in [0.1, 0.15) is 26.3 Å². The summed E-state index contributed by atoms with van der Waals surface area (Å²) >= 11 is 0. The zero-order valence-electron chi connectivity index (χ0n) is 9.81. The van der Waals surface area contributed by atoms with Gasteiger partial charge in [0.15, 0.2) is 0 Å². The molecule has 1 atom stereocenters. The summed E-state index contributed by atoms with van der Waals surface area (Å²) in [7, 11) is 0. The molecule has 2 N–H and O–H groups in total. The van der Waals surface area contributed by atoms with Crippen LogP contribution in [0.4, 0.5) is 5.69 Å². The van der Waals surface area contributed by atoms with Crippen molar-refractivity contribution in [1.82, 2.24) is 5.43 Å². The molecule has 2 rings (SSSR count). The van der Waals surface area contributed by atoms with Gasteiger partial charge in [-0.3, -0.25) is 10.3 Å². The van der Waals surface area contributed by atoms with Gasteiger partial charge in [-0.25, -0.2) is 0 Å². The van der Waals surface area contributed by atoms with Crippen LogP contribution >= 0.6 is 0 Å². The van der Waals surface area contributed by atoms with Crippen LogP contribution in [0.15, 0.2) is 29.4 Å². The second-order valence-electron chi connectivity index (χ2n) is 4.95. The van der Waals surface area contributed by atoms with Crippen molar-refractivity contribution in [3.8, 4) is 0 Å². The molecule has 1 aromatic rings. The molecular formula is C12H17N3O. The molecule has 0 bridgehead atoms. The van der Waals surface area contributed by atoms with E-state index < -0.39 is 6.35 Å². The summed E-state index contributed by atoms with van der Waals surface area (Å²) in [5.74, 6) is 0. The lowest BCUT2D eigenvalue weighted by molar-refractivity contribution is 0.159. The first kappa shape index (κ1) is 11.0. The minimum absolute atomic E-state index is 0.147. The topological polar surface area (TPSA) is 47.9 Å². The van der Waals surface area contributed by atoms with E-state index in [0.29, 0.717) is 0 Å².